The molecule has 2 unspecified atom stereocenters. The summed E-state index contributed by atoms with van der Waals surface area (Å²) in [5, 5.41) is 0. The molecule has 20 heavy (non-hydrogen) atoms. The highest BCUT2D eigenvalue weighted by Gasteiger charge is 2.21. The van der Waals surface area contributed by atoms with Crippen LogP contribution in [0.1, 0.15) is 45.1 Å². The van der Waals surface area contributed by atoms with E-state index >= 15 is 0 Å². The zero-order valence-electron chi connectivity index (χ0n) is 12.7. The minimum atomic E-state index is 0.265. The van der Waals surface area contributed by atoms with E-state index in [0.29, 0.717) is 0 Å². The van der Waals surface area contributed by atoms with Crippen molar-refractivity contribution in [3.05, 3.63) is 28.2 Å². The molecular weight excluding hydrogens is 312 g/mol. The first kappa shape index (κ1) is 15.8. The Labute approximate surface area is 131 Å². The van der Waals surface area contributed by atoms with E-state index < -0.39 is 0 Å². The zero-order chi connectivity index (χ0) is 14.5. The van der Waals surface area contributed by atoms with Gasteiger partial charge in [-0.2, -0.15) is 0 Å². The van der Waals surface area contributed by atoms with E-state index in [1.54, 1.807) is 0 Å². The molecule has 3 heteroatoms. The Hall–Kier alpha value is -0.540. The third kappa shape index (κ3) is 3.98. The van der Waals surface area contributed by atoms with Crippen LogP contribution in [-0.4, -0.2) is 19.1 Å². The Morgan fingerprint density at radius 1 is 1.40 bits per heavy atom. The minimum Gasteiger partial charge on any atom is -0.371 e. The third-order valence-electron chi connectivity index (χ3n) is 4.49. The molecular formula is C17H27BrN2. The summed E-state index contributed by atoms with van der Waals surface area (Å²) < 4.78 is 1.17. The number of nitrogens with two attached hydrogens (primary N) is 1. The van der Waals surface area contributed by atoms with Gasteiger partial charge < -0.3 is 10.6 Å². The Kier molecular flexibility index (Phi) is 5.91. The molecule has 1 aromatic rings. The van der Waals surface area contributed by atoms with Gasteiger partial charge in [-0.1, -0.05) is 42.3 Å². The third-order valence-corrected chi connectivity index (χ3v) is 4.98. The molecule has 112 valence electrons. The van der Waals surface area contributed by atoms with E-state index in [4.69, 9.17) is 5.73 Å². The van der Waals surface area contributed by atoms with E-state index in [1.165, 1.54) is 48.1 Å². The molecule has 1 aliphatic rings. The van der Waals surface area contributed by atoms with Gasteiger partial charge in [-0.3, -0.25) is 0 Å². The molecule has 0 saturated carbocycles. The number of piperidine rings is 1. The molecule has 2 nitrogen and oxygen atoms in total. The fraction of sp³-hybridized carbons (Fsp3) is 0.647. The van der Waals surface area contributed by atoms with Crippen molar-refractivity contribution in [2.45, 2.75) is 52.0 Å². The van der Waals surface area contributed by atoms with Gasteiger partial charge >= 0.3 is 0 Å². The molecule has 1 aromatic carbocycles. The van der Waals surface area contributed by atoms with Gasteiger partial charge in [0.1, 0.15) is 0 Å². The highest BCUT2D eigenvalue weighted by molar-refractivity contribution is 9.10. The maximum absolute atomic E-state index is 6.16. The summed E-state index contributed by atoms with van der Waals surface area (Å²) in [5.41, 5.74) is 8.96. The first-order chi connectivity index (χ1) is 9.63. The Bertz CT molecular complexity index is 433. The normalized spacial score (nSPS) is 21.0. The fourth-order valence-corrected chi connectivity index (χ4v) is 3.40. The van der Waals surface area contributed by atoms with E-state index in [2.05, 4.69) is 52.9 Å². The van der Waals surface area contributed by atoms with Gasteiger partial charge in [0.25, 0.3) is 0 Å². The molecule has 0 spiro atoms. The molecule has 1 heterocycles. The van der Waals surface area contributed by atoms with E-state index in [9.17, 15) is 0 Å². The second-order valence-electron chi connectivity index (χ2n) is 6.01. The van der Waals surface area contributed by atoms with Gasteiger partial charge in [-0.25, -0.2) is 0 Å². The van der Waals surface area contributed by atoms with Crippen LogP contribution in [0.15, 0.2) is 22.7 Å². The zero-order valence-corrected chi connectivity index (χ0v) is 14.3. The van der Waals surface area contributed by atoms with Gasteiger partial charge in [0.2, 0.25) is 0 Å². The van der Waals surface area contributed by atoms with Crippen LogP contribution in [0.5, 0.6) is 0 Å². The van der Waals surface area contributed by atoms with Gasteiger partial charge in [-0.15, -0.1) is 0 Å². The number of anilines is 1. The summed E-state index contributed by atoms with van der Waals surface area (Å²) in [4.78, 5) is 2.57. The average Bonchev–Trinajstić information content (AvgIpc) is 2.49. The molecule has 0 amide bonds. The molecule has 0 radical (unpaired) electrons. The maximum Gasteiger partial charge on any atom is 0.0410 e. The Morgan fingerprint density at radius 3 is 2.90 bits per heavy atom. The van der Waals surface area contributed by atoms with Crippen LogP contribution in [0, 0.1) is 5.92 Å². The van der Waals surface area contributed by atoms with Crippen molar-refractivity contribution in [1.82, 2.24) is 0 Å². The SMILES string of the molecule is CCC(N)Cc1ccc(Br)cc1N1CCCC(CC)C1. The number of halogens is 1. The topological polar surface area (TPSA) is 29.3 Å². The number of benzene rings is 1. The summed E-state index contributed by atoms with van der Waals surface area (Å²) >= 11 is 3.62. The van der Waals surface area contributed by atoms with Crippen molar-refractivity contribution in [3.63, 3.8) is 0 Å². The highest BCUT2D eigenvalue weighted by Crippen LogP contribution is 2.31. The van der Waals surface area contributed by atoms with Gasteiger partial charge in [0.15, 0.2) is 0 Å². The van der Waals surface area contributed by atoms with Crippen molar-refractivity contribution in [3.8, 4) is 0 Å². The van der Waals surface area contributed by atoms with Crippen molar-refractivity contribution >= 4 is 21.6 Å². The lowest BCUT2D eigenvalue weighted by Gasteiger charge is -2.35. The predicted octanol–water partition coefficient (Wildman–Crippen LogP) is 4.36. The summed E-state index contributed by atoms with van der Waals surface area (Å²) in [6, 6.07) is 6.92. The summed E-state index contributed by atoms with van der Waals surface area (Å²) in [6.45, 7) is 6.85. The van der Waals surface area contributed by atoms with E-state index in [0.717, 1.165) is 18.8 Å². The summed E-state index contributed by atoms with van der Waals surface area (Å²) in [5.74, 6) is 0.843. The molecule has 1 fully saturated rings. The molecule has 0 aromatic heterocycles. The predicted molar refractivity (Wildman–Crippen MR) is 91.3 cm³/mol. The number of hydrogen-bond donors (Lipinski definition) is 1. The largest absolute Gasteiger partial charge is 0.371 e. The monoisotopic (exact) mass is 338 g/mol. The van der Waals surface area contributed by atoms with Crippen LogP contribution in [-0.2, 0) is 6.42 Å². The molecule has 2 atom stereocenters. The molecule has 0 aliphatic carbocycles. The Morgan fingerprint density at radius 2 is 2.20 bits per heavy atom. The van der Waals surface area contributed by atoms with Crippen LogP contribution in [0.3, 0.4) is 0 Å². The molecule has 1 saturated heterocycles. The van der Waals surface area contributed by atoms with E-state index in [1.807, 2.05) is 0 Å². The van der Waals surface area contributed by atoms with Gasteiger partial charge in [-0.05, 0) is 49.3 Å². The van der Waals surface area contributed by atoms with Crippen LogP contribution in [0.25, 0.3) is 0 Å². The van der Waals surface area contributed by atoms with Crippen LogP contribution < -0.4 is 10.6 Å². The van der Waals surface area contributed by atoms with E-state index in [-0.39, 0.29) is 6.04 Å². The summed E-state index contributed by atoms with van der Waals surface area (Å²) in [7, 11) is 0. The lowest BCUT2D eigenvalue weighted by molar-refractivity contribution is 0.404. The molecule has 0 bridgehead atoms. The maximum atomic E-state index is 6.16. The molecule has 2 N–H and O–H groups in total. The lowest BCUT2D eigenvalue weighted by Crippen LogP contribution is -2.36. The van der Waals surface area contributed by atoms with Gasteiger partial charge in [0, 0.05) is 29.3 Å². The second kappa shape index (κ2) is 7.46. The molecule has 1 aliphatic heterocycles. The fourth-order valence-electron chi connectivity index (χ4n) is 3.05. The Balaban J connectivity index is 2.21. The first-order valence-corrected chi connectivity index (χ1v) is 8.72. The lowest BCUT2D eigenvalue weighted by atomic mass is 9.94. The summed E-state index contributed by atoms with van der Waals surface area (Å²) in [6.07, 6.45) is 5.99. The van der Waals surface area contributed by atoms with Crippen molar-refractivity contribution in [1.29, 1.82) is 0 Å². The van der Waals surface area contributed by atoms with Crippen LogP contribution in [0.4, 0.5) is 5.69 Å². The van der Waals surface area contributed by atoms with Crippen molar-refractivity contribution < 1.29 is 0 Å². The van der Waals surface area contributed by atoms with Crippen LogP contribution in [0.2, 0.25) is 0 Å². The smallest absolute Gasteiger partial charge is 0.0410 e. The van der Waals surface area contributed by atoms with Crippen molar-refractivity contribution in [2.24, 2.45) is 11.7 Å². The quantitative estimate of drug-likeness (QED) is 0.864. The highest BCUT2D eigenvalue weighted by atomic mass is 79.9. The molecule has 2 rings (SSSR count). The number of nitrogens with zero attached hydrogens (tertiary/aromatic N) is 1. The number of rotatable bonds is 5. The average molecular weight is 339 g/mol. The minimum absolute atomic E-state index is 0.265. The second-order valence-corrected chi connectivity index (χ2v) is 6.92. The van der Waals surface area contributed by atoms with Crippen molar-refractivity contribution in [2.75, 3.05) is 18.0 Å². The first-order valence-electron chi connectivity index (χ1n) is 7.93. The standard InChI is InChI=1S/C17H27BrN2/c1-3-13-6-5-9-20(12-13)17-11-15(18)8-7-14(17)10-16(19)4-2/h7-8,11,13,16H,3-6,9-10,12,19H2,1-2H3. The van der Waals surface area contributed by atoms with Crippen LogP contribution >= 0.6 is 15.9 Å². The van der Waals surface area contributed by atoms with Gasteiger partial charge in [0.05, 0.1) is 0 Å². The number of hydrogen-bond acceptors (Lipinski definition) is 2.